The molecule has 0 bridgehead atoms. The summed E-state index contributed by atoms with van der Waals surface area (Å²) in [5, 5.41) is 8.12. The summed E-state index contributed by atoms with van der Waals surface area (Å²) >= 11 is 0. The molecule has 9 nitrogen and oxygen atoms in total. The predicted octanol–water partition coefficient (Wildman–Crippen LogP) is 2.81. The quantitative estimate of drug-likeness (QED) is 0.661. The maximum Gasteiger partial charge on any atom is 0.341 e. The highest BCUT2D eigenvalue weighted by Crippen LogP contribution is 2.23. The van der Waals surface area contributed by atoms with E-state index in [-0.39, 0.29) is 17.6 Å². The molecule has 0 spiro atoms. The van der Waals surface area contributed by atoms with Gasteiger partial charge in [-0.2, -0.15) is 5.10 Å². The van der Waals surface area contributed by atoms with Crippen molar-refractivity contribution in [3.05, 3.63) is 53.9 Å². The van der Waals surface area contributed by atoms with E-state index in [0.717, 1.165) is 19.1 Å². The lowest BCUT2D eigenvalue weighted by molar-refractivity contribution is 0.0950. The monoisotopic (exact) mass is 459 g/mol. The third-order valence-corrected chi connectivity index (χ3v) is 5.16. The maximum absolute atomic E-state index is 13.9. The minimum atomic E-state index is -0.775. The van der Waals surface area contributed by atoms with Crippen molar-refractivity contribution < 1.29 is 18.4 Å². The van der Waals surface area contributed by atoms with E-state index in [0.29, 0.717) is 50.7 Å². The number of anilines is 1. The number of nitrogens with zero attached hydrogens (tertiary/aromatic N) is 6. The van der Waals surface area contributed by atoms with Crippen molar-refractivity contribution in [2.75, 3.05) is 37.6 Å². The highest BCUT2D eigenvalue weighted by Gasteiger charge is 2.33. The average Bonchev–Trinajstić information content (AvgIpc) is 3.28. The van der Waals surface area contributed by atoms with E-state index in [4.69, 9.17) is 0 Å². The molecule has 1 aromatic heterocycles. The van der Waals surface area contributed by atoms with Crippen LogP contribution in [0.2, 0.25) is 0 Å². The Morgan fingerprint density at radius 2 is 1.97 bits per heavy atom. The van der Waals surface area contributed by atoms with Gasteiger partial charge in [-0.25, -0.2) is 28.6 Å². The number of halogens is 2. The number of hydrogen-bond donors (Lipinski definition) is 1. The first-order valence-corrected chi connectivity index (χ1v) is 10.7. The van der Waals surface area contributed by atoms with Gasteiger partial charge in [-0.05, 0) is 31.6 Å². The molecule has 176 valence electrons. The third kappa shape index (κ3) is 5.99. The second-order valence-corrected chi connectivity index (χ2v) is 7.59. The summed E-state index contributed by atoms with van der Waals surface area (Å²) in [4.78, 5) is 37.2. The number of aromatic nitrogens is 2. The first kappa shape index (κ1) is 24.0. The zero-order chi connectivity index (χ0) is 24.0. The topological polar surface area (TPSA) is 94.0 Å². The highest BCUT2D eigenvalue weighted by molar-refractivity contribution is 5.92. The van der Waals surface area contributed by atoms with Gasteiger partial charge in [0.1, 0.15) is 11.5 Å². The fourth-order valence-corrected chi connectivity index (χ4v) is 3.53. The molecule has 0 unspecified atom stereocenters. The van der Waals surface area contributed by atoms with E-state index >= 15 is 0 Å². The highest BCUT2D eigenvalue weighted by atomic mass is 19.1. The van der Waals surface area contributed by atoms with E-state index < -0.39 is 17.7 Å². The SMILES string of the molecule is C=C(/C=C(F)\C=C(/C)F)[C@@H]1CC=NN1C(=O)N1CCN(c2nccc(C(=O)NCC)n2)CC1. The molecule has 2 aliphatic heterocycles. The van der Waals surface area contributed by atoms with E-state index in [1.807, 2.05) is 11.8 Å². The number of allylic oxidation sites excluding steroid dienone is 3. The number of urea groups is 1. The maximum atomic E-state index is 13.9. The number of carbonyl (C=O) groups excluding carboxylic acids is 2. The summed E-state index contributed by atoms with van der Waals surface area (Å²) in [6.07, 6.45) is 5.38. The average molecular weight is 460 g/mol. The largest absolute Gasteiger partial charge is 0.351 e. The van der Waals surface area contributed by atoms with Gasteiger partial charge >= 0.3 is 6.03 Å². The van der Waals surface area contributed by atoms with Gasteiger partial charge in [0.05, 0.1) is 11.9 Å². The van der Waals surface area contributed by atoms with E-state index in [2.05, 4.69) is 27.0 Å². The van der Waals surface area contributed by atoms with Crippen molar-refractivity contribution in [3.63, 3.8) is 0 Å². The molecule has 1 saturated heterocycles. The number of piperazine rings is 1. The van der Waals surface area contributed by atoms with Crippen LogP contribution in [0.1, 0.15) is 30.8 Å². The van der Waals surface area contributed by atoms with Crippen molar-refractivity contribution in [3.8, 4) is 0 Å². The first-order chi connectivity index (χ1) is 15.8. The number of amides is 3. The van der Waals surface area contributed by atoms with Gasteiger partial charge in [-0.1, -0.05) is 6.58 Å². The molecule has 1 fully saturated rings. The zero-order valence-corrected chi connectivity index (χ0v) is 18.7. The molecule has 3 rings (SSSR count). The molecular weight excluding hydrogens is 432 g/mol. The number of rotatable bonds is 6. The molecule has 3 amide bonds. The molecule has 1 aromatic rings. The van der Waals surface area contributed by atoms with Crippen LogP contribution in [-0.4, -0.2) is 76.8 Å². The molecule has 0 aliphatic carbocycles. The Kier molecular flexibility index (Phi) is 7.86. The predicted molar refractivity (Wildman–Crippen MR) is 121 cm³/mol. The lowest BCUT2D eigenvalue weighted by Crippen LogP contribution is -2.53. The van der Waals surface area contributed by atoms with Crippen LogP contribution in [0.25, 0.3) is 0 Å². The standard InChI is InChI=1S/C22H27F2N7O2/c1-4-25-20(32)18-5-7-26-21(28-18)29-9-11-30(12-10-29)22(33)31-19(6-8-27-31)15(2)13-17(24)14-16(3)23/h5,7-8,13-14,19H,2,4,6,9-12H2,1,3H3,(H,25,32)/b16-14+,17-13+/t19-/m0/s1. The molecule has 1 atom stereocenters. The molecule has 33 heavy (non-hydrogen) atoms. The van der Waals surface area contributed by atoms with Crippen molar-refractivity contribution in [1.29, 1.82) is 0 Å². The smallest absolute Gasteiger partial charge is 0.341 e. The van der Waals surface area contributed by atoms with Gasteiger partial charge in [0.15, 0.2) is 0 Å². The molecule has 2 aliphatic rings. The van der Waals surface area contributed by atoms with Gasteiger partial charge in [-0.15, -0.1) is 0 Å². The summed E-state index contributed by atoms with van der Waals surface area (Å²) in [6, 6.07) is 0.693. The van der Waals surface area contributed by atoms with E-state index in [1.165, 1.54) is 11.2 Å². The summed E-state index contributed by atoms with van der Waals surface area (Å²) in [7, 11) is 0. The second-order valence-electron chi connectivity index (χ2n) is 7.59. The zero-order valence-electron chi connectivity index (χ0n) is 18.7. The van der Waals surface area contributed by atoms with E-state index in [1.54, 1.807) is 17.2 Å². The third-order valence-electron chi connectivity index (χ3n) is 5.16. The second kappa shape index (κ2) is 10.8. The number of hydrogen-bond acceptors (Lipinski definition) is 6. The lowest BCUT2D eigenvalue weighted by Gasteiger charge is -2.37. The summed E-state index contributed by atoms with van der Waals surface area (Å²) in [6.45, 7) is 9.05. The molecule has 0 saturated carbocycles. The van der Waals surface area contributed by atoms with Crippen LogP contribution < -0.4 is 10.2 Å². The summed E-state index contributed by atoms with van der Waals surface area (Å²) in [5.41, 5.74) is 0.608. The van der Waals surface area contributed by atoms with Crippen LogP contribution in [0.15, 0.2) is 53.3 Å². The summed E-state index contributed by atoms with van der Waals surface area (Å²) < 4.78 is 26.8. The van der Waals surface area contributed by atoms with Crippen molar-refractivity contribution >= 4 is 24.1 Å². The van der Waals surface area contributed by atoms with Crippen LogP contribution in [0, 0.1) is 0 Å². The van der Waals surface area contributed by atoms with Gasteiger partial charge in [-0.3, -0.25) is 4.79 Å². The van der Waals surface area contributed by atoms with Crippen LogP contribution in [0.4, 0.5) is 19.5 Å². The number of nitrogens with one attached hydrogen (secondary N) is 1. The van der Waals surface area contributed by atoms with Crippen LogP contribution in [-0.2, 0) is 0 Å². The Morgan fingerprint density at radius 3 is 2.64 bits per heavy atom. The normalized spacial score (nSPS) is 19.2. The Labute approximate surface area is 191 Å². The minimum absolute atomic E-state index is 0.268. The Balaban J connectivity index is 1.61. The van der Waals surface area contributed by atoms with Gasteiger partial charge < -0.3 is 15.1 Å². The van der Waals surface area contributed by atoms with Crippen LogP contribution in [0.5, 0.6) is 0 Å². The first-order valence-electron chi connectivity index (χ1n) is 10.7. The molecule has 0 aromatic carbocycles. The molecule has 0 radical (unpaired) electrons. The summed E-state index contributed by atoms with van der Waals surface area (Å²) in [5.74, 6) is -1.28. The van der Waals surface area contributed by atoms with Crippen molar-refractivity contribution in [1.82, 2.24) is 25.2 Å². The Morgan fingerprint density at radius 1 is 1.24 bits per heavy atom. The number of hydrazone groups is 1. The molecule has 1 N–H and O–H groups in total. The Bertz CT molecular complexity index is 996. The fraction of sp³-hybridized carbons (Fsp3) is 0.409. The Hall–Kier alpha value is -3.63. The van der Waals surface area contributed by atoms with E-state index in [9.17, 15) is 18.4 Å². The van der Waals surface area contributed by atoms with Crippen LogP contribution >= 0.6 is 0 Å². The molecular formula is C22H27F2N7O2. The van der Waals surface area contributed by atoms with Gasteiger partial charge in [0.25, 0.3) is 5.91 Å². The molecule has 11 heteroatoms. The van der Waals surface area contributed by atoms with Gasteiger partial charge in [0.2, 0.25) is 5.95 Å². The van der Waals surface area contributed by atoms with Gasteiger partial charge in [0, 0.05) is 57.6 Å². The van der Waals surface area contributed by atoms with Crippen molar-refractivity contribution in [2.24, 2.45) is 5.10 Å². The molecule has 3 heterocycles. The fourth-order valence-electron chi connectivity index (χ4n) is 3.53. The van der Waals surface area contributed by atoms with Crippen LogP contribution in [0.3, 0.4) is 0 Å². The lowest BCUT2D eigenvalue weighted by atomic mass is 10.1. The minimum Gasteiger partial charge on any atom is -0.351 e. The van der Waals surface area contributed by atoms with Crippen molar-refractivity contribution in [2.45, 2.75) is 26.3 Å². The number of carbonyl (C=O) groups is 2.